The maximum atomic E-state index is 13.9. The molecule has 156 valence electrons. The van der Waals surface area contributed by atoms with Gasteiger partial charge >= 0.3 is 12.1 Å². The summed E-state index contributed by atoms with van der Waals surface area (Å²) >= 11 is 0. The number of halogens is 4. The Hall–Kier alpha value is -2.12. The zero-order chi connectivity index (χ0) is 20.7. The second-order valence-corrected chi connectivity index (χ2v) is 6.99. The number of benzene rings is 1. The Kier molecular flexibility index (Phi) is 7.83. The third-order valence-electron chi connectivity index (χ3n) is 4.88. The van der Waals surface area contributed by atoms with Gasteiger partial charge in [-0.05, 0) is 37.5 Å². The van der Waals surface area contributed by atoms with Gasteiger partial charge in [0, 0.05) is 13.1 Å². The van der Waals surface area contributed by atoms with Crippen molar-refractivity contribution in [2.45, 2.75) is 51.6 Å². The van der Waals surface area contributed by atoms with E-state index >= 15 is 0 Å². The van der Waals surface area contributed by atoms with Crippen LogP contribution in [0, 0.1) is 11.7 Å². The fourth-order valence-corrected chi connectivity index (χ4v) is 3.17. The smallest absolute Gasteiger partial charge is 0.416 e. The van der Waals surface area contributed by atoms with Crippen molar-refractivity contribution < 1.29 is 31.9 Å². The van der Waals surface area contributed by atoms with Gasteiger partial charge in [-0.15, -0.1) is 0 Å². The van der Waals surface area contributed by atoms with Gasteiger partial charge in [-0.2, -0.15) is 13.2 Å². The number of hydrogen-bond acceptors (Lipinski definition) is 3. The summed E-state index contributed by atoms with van der Waals surface area (Å²) in [5, 5.41) is 0. The van der Waals surface area contributed by atoms with Crippen molar-refractivity contribution >= 4 is 11.9 Å². The number of ether oxygens (including phenoxy) is 1. The van der Waals surface area contributed by atoms with Crippen LogP contribution in [0.25, 0.3) is 0 Å². The molecular formula is C20H25F4NO3. The van der Waals surface area contributed by atoms with E-state index in [2.05, 4.69) is 6.92 Å². The van der Waals surface area contributed by atoms with E-state index in [0.29, 0.717) is 37.6 Å². The summed E-state index contributed by atoms with van der Waals surface area (Å²) in [6.45, 7) is 2.80. The van der Waals surface area contributed by atoms with E-state index in [4.69, 9.17) is 4.74 Å². The number of rotatable bonds is 7. The van der Waals surface area contributed by atoms with Gasteiger partial charge in [0.05, 0.1) is 23.7 Å². The van der Waals surface area contributed by atoms with Crippen LogP contribution in [0.5, 0.6) is 0 Å². The van der Waals surface area contributed by atoms with Crippen molar-refractivity contribution in [2.75, 3.05) is 19.7 Å². The molecule has 1 amide bonds. The van der Waals surface area contributed by atoms with Gasteiger partial charge in [0.15, 0.2) is 0 Å². The van der Waals surface area contributed by atoms with Crippen LogP contribution in [-0.2, 0) is 15.7 Å². The first-order valence-electron chi connectivity index (χ1n) is 9.56. The molecule has 1 fully saturated rings. The third kappa shape index (κ3) is 5.94. The van der Waals surface area contributed by atoms with Crippen LogP contribution in [0.3, 0.4) is 0 Å². The molecule has 0 N–H and O–H groups in total. The van der Waals surface area contributed by atoms with Crippen molar-refractivity contribution in [3.8, 4) is 0 Å². The predicted octanol–water partition coefficient (Wildman–Crippen LogP) is 4.82. The van der Waals surface area contributed by atoms with E-state index in [9.17, 15) is 27.2 Å². The molecule has 1 heterocycles. The topological polar surface area (TPSA) is 46.6 Å². The van der Waals surface area contributed by atoms with Gasteiger partial charge in [0.25, 0.3) is 5.91 Å². The molecule has 0 unspecified atom stereocenters. The molecule has 0 atom stereocenters. The Morgan fingerprint density at radius 2 is 1.82 bits per heavy atom. The monoisotopic (exact) mass is 403 g/mol. The molecule has 4 nitrogen and oxygen atoms in total. The molecule has 0 saturated carbocycles. The average molecular weight is 403 g/mol. The second kappa shape index (κ2) is 9.89. The summed E-state index contributed by atoms with van der Waals surface area (Å²) in [4.78, 5) is 25.8. The predicted molar refractivity (Wildman–Crippen MR) is 95.1 cm³/mol. The van der Waals surface area contributed by atoms with Crippen LogP contribution in [0.2, 0.25) is 0 Å². The van der Waals surface area contributed by atoms with Crippen LogP contribution in [-0.4, -0.2) is 36.5 Å². The molecule has 0 radical (unpaired) electrons. The minimum atomic E-state index is -4.66. The third-order valence-corrected chi connectivity index (χ3v) is 4.88. The number of piperidine rings is 1. The zero-order valence-corrected chi connectivity index (χ0v) is 15.9. The number of carbonyl (C=O) groups excluding carboxylic acids is 2. The largest absolute Gasteiger partial charge is 0.465 e. The van der Waals surface area contributed by atoms with Crippen LogP contribution >= 0.6 is 0 Å². The highest BCUT2D eigenvalue weighted by molar-refractivity contribution is 5.95. The number of hydrogen-bond donors (Lipinski definition) is 0. The molecule has 0 aromatic heterocycles. The lowest BCUT2D eigenvalue weighted by molar-refractivity contribution is -0.150. The standard InChI is InChI=1S/C20H25F4NO3/c1-2-3-4-5-12-28-19(27)14-8-10-25(11-9-14)18(26)16-13-15(20(22,23)24)6-7-17(16)21/h6-7,13-14H,2-5,8-12H2,1H3. The minimum Gasteiger partial charge on any atom is -0.465 e. The minimum absolute atomic E-state index is 0.171. The fraction of sp³-hybridized carbons (Fsp3) is 0.600. The van der Waals surface area contributed by atoms with Gasteiger partial charge in [-0.3, -0.25) is 9.59 Å². The first-order valence-corrected chi connectivity index (χ1v) is 9.56. The quantitative estimate of drug-likeness (QED) is 0.373. The number of carbonyl (C=O) groups is 2. The molecule has 1 saturated heterocycles. The molecule has 1 aromatic rings. The summed E-state index contributed by atoms with van der Waals surface area (Å²) in [7, 11) is 0. The van der Waals surface area contributed by atoms with E-state index < -0.39 is 29.0 Å². The molecule has 8 heteroatoms. The van der Waals surface area contributed by atoms with Crippen molar-refractivity contribution in [3.63, 3.8) is 0 Å². The van der Waals surface area contributed by atoms with E-state index in [-0.39, 0.29) is 25.0 Å². The first kappa shape index (κ1) is 22.2. The SMILES string of the molecule is CCCCCCOC(=O)C1CCN(C(=O)c2cc(C(F)(F)F)ccc2F)CC1. The molecule has 1 aromatic carbocycles. The summed E-state index contributed by atoms with van der Waals surface area (Å²) in [5.74, 6) is -2.45. The van der Waals surface area contributed by atoms with Crippen molar-refractivity contribution in [1.82, 2.24) is 4.90 Å². The summed E-state index contributed by atoms with van der Waals surface area (Å²) in [6.07, 6.45) is 0.0267. The molecule has 28 heavy (non-hydrogen) atoms. The van der Waals surface area contributed by atoms with Crippen LogP contribution < -0.4 is 0 Å². The Balaban J connectivity index is 1.89. The lowest BCUT2D eigenvalue weighted by Crippen LogP contribution is -2.41. The maximum absolute atomic E-state index is 13.9. The highest BCUT2D eigenvalue weighted by atomic mass is 19.4. The molecule has 2 rings (SSSR count). The van der Waals surface area contributed by atoms with Gasteiger partial charge in [0.1, 0.15) is 5.82 Å². The number of alkyl halides is 3. The number of amides is 1. The summed E-state index contributed by atoms with van der Waals surface area (Å²) < 4.78 is 57.6. The molecule has 0 bridgehead atoms. The van der Waals surface area contributed by atoms with Crippen LogP contribution in [0.4, 0.5) is 17.6 Å². The Morgan fingerprint density at radius 1 is 1.14 bits per heavy atom. The van der Waals surface area contributed by atoms with Crippen LogP contribution in [0.1, 0.15) is 61.4 Å². The van der Waals surface area contributed by atoms with E-state index in [1.807, 2.05) is 0 Å². The number of unbranched alkanes of at least 4 members (excludes halogenated alkanes) is 3. The number of likely N-dealkylation sites (tertiary alicyclic amines) is 1. The molecule has 1 aliphatic heterocycles. The average Bonchev–Trinajstić information content (AvgIpc) is 2.66. The fourth-order valence-electron chi connectivity index (χ4n) is 3.17. The van der Waals surface area contributed by atoms with Gasteiger partial charge in [0.2, 0.25) is 0 Å². The van der Waals surface area contributed by atoms with Crippen molar-refractivity contribution in [2.24, 2.45) is 5.92 Å². The Morgan fingerprint density at radius 3 is 2.43 bits per heavy atom. The maximum Gasteiger partial charge on any atom is 0.416 e. The van der Waals surface area contributed by atoms with E-state index in [1.54, 1.807) is 0 Å². The van der Waals surface area contributed by atoms with Crippen molar-refractivity contribution in [3.05, 3.63) is 35.1 Å². The van der Waals surface area contributed by atoms with Gasteiger partial charge in [-0.25, -0.2) is 4.39 Å². The zero-order valence-electron chi connectivity index (χ0n) is 15.9. The number of nitrogens with zero attached hydrogens (tertiary/aromatic N) is 1. The van der Waals surface area contributed by atoms with E-state index in [1.165, 1.54) is 4.90 Å². The Labute approximate surface area is 161 Å². The van der Waals surface area contributed by atoms with Gasteiger partial charge < -0.3 is 9.64 Å². The van der Waals surface area contributed by atoms with Gasteiger partial charge in [-0.1, -0.05) is 26.2 Å². The van der Waals surface area contributed by atoms with Crippen molar-refractivity contribution in [1.29, 1.82) is 0 Å². The summed E-state index contributed by atoms with van der Waals surface area (Å²) in [5.41, 5.74) is -1.68. The highest BCUT2D eigenvalue weighted by Gasteiger charge is 2.34. The lowest BCUT2D eigenvalue weighted by atomic mass is 9.96. The molecule has 1 aliphatic rings. The first-order chi connectivity index (χ1) is 13.2. The second-order valence-electron chi connectivity index (χ2n) is 6.99. The lowest BCUT2D eigenvalue weighted by Gasteiger charge is -2.31. The molecular weight excluding hydrogens is 378 g/mol. The van der Waals surface area contributed by atoms with E-state index in [0.717, 1.165) is 25.7 Å². The number of esters is 1. The van der Waals surface area contributed by atoms with Crippen LogP contribution in [0.15, 0.2) is 18.2 Å². The molecule has 0 spiro atoms. The Bertz CT molecular complexity index is 683. The summed E-state index contributed by atoms with van der Waals surface area (Å²) in [6, 6.07) is 1.79. The highest BCUT2D eigenvalue weighted by Crippen LogP contribution is 2.31. The molecule has 0 aliphatic carbocycles. The normalized spacial score (nSPS) is 15.5.